The SMILES string of the molecule is CCC(C)CC(C)NC(=O)N1CC(=O)NCC1C(=O)O. The highest BCUT2D eigenvalue weighted by Gasteiger charge is 2.35. The number of urea groups is 1. The highest BCUT2D eigenvalue weighted by Crippen LogP contribution is 2.11. The molecule has 0 saturated carbocycles. The summed E-state index contributed by atoms with van der Waals surface area (Å²) in [6.07, 6.45) is 1.84. The molecule has 0 spiro atoms. The van der Waals surface area contributed by atoms with Crippen LogP contribution in [0.25, 0.3) is 0 Å². The molecule has 1 saturated heterocycles. The van der Waals surface area contributed by atoms with Crippen molar-refractivity contribution < 1.29 is 19.5 Å². The van der Waals surface area contributed by atoms with Gasteiger partial charge in [0, 0.05) is 12.6 Å². The molecule has 0 aromatic carbocycles. The Balaban J connectivity index is 2.62. The standard InChI is InChI=1S/C13H23N3O4/c1-4-8(2)5-9(3)15-13(20)16-7-11(17)14-6-10(16)12(18)19/h8-10H,4-7H2,1-3H3,(H,14,17)(H,15,20)(H,18,19). The number of carbonyl (C=O) groups excluding carboxylic acids is 2. The van der Waals surface area contributed by atoms with Gasteiger partial charge in [0.25, 0.3) is 0 Å². The van der Waals surface area contributed by atoms with Crippen molar-refractivity contribution in [2.24, 2.45) is 5.92 Å². The number of aliphatic carboxylic acids is 1. The molecular formula is C13H23N3O4. The van der Waals surface area contributed by atoms with Crippen molar-refractivity contribution in [3.8, 4) is 0 Å². The average Bonchev–Trinajstić information content (AvgIpc) is 2.37. The number of nitrogens with one attached hydrogen (secondary N) is 2. The van der Waals surface area contributed by atoms with Gasteiger partial charge in [0.2, 0.25) is 5.91 Å². The molecule has 3 N–H and O–H groups in total. The predicted octanol–water partition coefficient (Wildman–Crippen LogP) is 0.406. The lowest BCUT2D eigenvalue weighted by molar-refractivity contribution is -0.144. The minimum absolute atomic E-state index is 0.0542. The first-order valence-electron chi connectivity index (χ1n) is 6.91. The Kier molecular flexibility index (Phi) is 5.79. The summed E-state index contributed by atoms with van der Waals surface area (Å²) in [6.45, 7) is 5.77. The van der Waals surface area contributed by atoms with E-state index in [1.165, 1.54) is 0 Å². The van der Waals surface area contributed by atoms with E-state index in [2.05, 4.69) is 24.5 Å². The van der Waals surface area contributed by atoms with Crippen LogP contribution in [0.1, 0.15) is 33.6 Å². The van der Waals surface area contributed by atoms with Gasteiger partial charge in [-0.05, 0) is 19.3 Å². The molecular weight excluding hydrogens is 262 g/mol. The van der Waals surface area contributed by atoms with Crippen LogP contribution in [0.2, 0.25) is 0 Å². The Labute approximate surface area is 118 Å². The van der Waals surface area contributed by atoms with Gasteiger partial charge in [0.1, 0.15) is 12.6 Å². The van der Waals surface area contributed by atoms with Crippen LogP contribution >= 0.6 is 0 Å². The van der Waals surface area contributed by atoms with Gasteiger partial charge in [-0.2, -0.15) is 0 Å². The lowest BCUT2D eigenvalue weighted by Crippen LogP contribution is -2.62. The van der Waals surface area contributed by atoms with Gasteiger partial charge >= 0.3 is 12.0 Å². The fourth-order valence-electron chi connectivity index (χ4n) is 2.20. The van der Waals surface area contributed by atoms with Gasteiger partial charge in [0.05, 0.1) is 0 Å². The van der Waals surface area contributed by atoms with Crippen LogP contribution in [0.5, 0.6) is 0 Å². The third-order valence-corrected chi connectivity index (χ3v) is 3.55. The van der Waals surface area contributed by atoms with Crippen LogP contribution in [0.4, 0.5) is 4.79 Å². The van der Waals surface area contributed by atoms with Crippen LogP contribution in [-0.4, -0.2) is 53.1 Å². The van der Waals surface area contributed by atoms with Crippen molar-refractivity contribution in [2.45, 2.75) is 45.7 Å². The van der Waals surface area contributed by atoms with Crippen molar-refractivity contribution in [2.75, 3.05) is 13.1 Å². The Morgan fingerprint density at radius 1 is 1.50 bits per heavy atom. The third-order valence-electron chi connectivity index (χ3n) is 3.55. The summed E-state index contributed by atoms with van der Waals surface area (Å²) in [5.41, 5.74) is 0. The zero-order valence-electron chi connectivity index (χ0n) is 12.2. The number of amides is 3. The maximum absolute atomic E-state index is 12.1. The van der Waals surface area contributed by atoms with E-state index >= 15 is 0 Å². The maximum Gasteiger partial charge on any atom is 0.328 e. The average molecular weight is 285 g/mol. The molecule has 1 aliphatic heterocycles. The summed E-state index contributed by atoms with van der Waals surface area (Å²) in [5.74, 6) is -0.979. The summed E-state index contributed by atoms with van der Waals surface area (Å²) in [6, 6.07) is -1.57. The van der Waals surface area contributed by atoms with E-state index in [1.807, 2.05) is 6.92 Å². The molecule has 20 heavy (non-hydrogen) atoms. The first-order chi connectivity index (χ1) is 9.35. The lowest BCUT2D eigenvalue weighted by atomic mass is 10.0. The van der Waals surface area contributed by atoms with Crippen LogP contribution < -0.4 is 10.6 Å². The van der Waals surface area contributed by atoms with E-state index in [-0.39, 0.29) is 25.0 Å². The van der Waals surface area contributed by atoms with Gasteiger partial charge in [-0.25, -0.2) is 9.59 Å². The van der Waals surface area contributed by atoms with Crippen molar-refractivity contribution in [3.63, 3.8) is 0 Å². The molecule has 1 fully saturated rings. The summed E-state index contributed by atoms with van der Waals surface area (Å²) < 4.78 is 0. The summed E-state index contributed by atoms with van der Waals surface area (Å²) in [7, 11) is 0. The molecule has 0 aromatic rings. The third kappa shape index (κ3) is 4.40. The van der Waals surface area contributed by atoms with E-state index in [4.69, 9.17) is 5.11 Å². The molecule has 3 unspecified atom stereocenters. The molecule has 0 radical (unpaired) electrons. The van der Waals surface area contributed by atoms with Crippen molar-refractivity contribution in [1.29, 1.82) is 0 Å². The lowest BCUT2D eigenvalue weighted by Gasteiger charge is -2.33. The number of hydrogen-bond donors (Lipinski definition) is 3. The summed E-state index contributed by atoms with van der Waals surface area (Å²) in [5, 5.41) is 14.3. The van der Waals surface area contributed by atoms with E-state index in [0.717, 1.165) is 17.7 Å². The second-order valence-electron chi connectivity index (χ2n) is 5.39. The second kappa shape index (κ2) is 7.12. The zero-order valence-corrected chi connectivity index (χ0v) is 12.2. The fourth-order valence-corrected chi connectivity index (χ4v) is 2.20. The van der Waals surface area contributed by atoms with E-state index < -0.39 is 18.0 Å². The van der Waals surface area contributed by atoms with Crippen LogP contribution in [-0.2, 0) is 9.59 Å². The van der Waals surface area contributed by atoms with Crippen LogP contribution in [0.3, 0.4) is 0 Å². The minimum atomic E-state index is -1.12. The topological polar surface area (TPSA) is 98.7 Å². The monoisotopic (exact) mass is 285 g/mol. The molecule has 7 heteroatoms. The molecule has 0 aliphatic carbocycles. The molecule has 7 nitrogen and oxygen atoms in total. The molecule has 0 aromatic heterocycles. The Bertz CT molecular complexity index is 386. The molecule has 3 atom stereocenters. The number of rotatable bonds is 5. The highest BCUT2D eigenvalue weighted by molar-refractivity contribution is 5.90. The quantitative estimate of drug-likeness (QED) is 0.681. The Morgan fingerprint density at radius 3 is 2.70 bits per heavy atom. The number of hydrogen-bond acceptors (Lipinski definition) is 3. The Hall–Kier alpha value is -1.79. The van der Waals surface area contributed by atoms with Crippen LogP contribution in [0.15, 0.2) is 0 Å². The normalized spacial score (nSPS) is 21.9. The van der Waals surface area contributed by atoms with Crippen molar-refractivity contribution >= 4 is 17.9 Å². The summed E-state index contributed by atoms with van der Waals surface area (Å²) >= 11 is 0. The first kappa shape index (κ1) is 16.3. The number of carbonyl (C=O) groups is 3. The fraction of sp³-hybridized carbons (Fsp3) is 0.769. The molecule has 3 amide bonds. The Morgan fingerprint density at radius 2 is 2.15 bits per heavy atom. The minimum Gasteiger partial charge on any atom is -0.480 e. The van der Waals surface area contributed by atoms with Crippen molar-refractivity contribution in [3.05, 3.63) is 0 Å². The van der Waals surface area contributed by atoms with Crippen LogP contribution in [0, 0.1) is 5.92 Å². The first-order valence-corrected chi connectivity index (χ1v) is 6.91. The van der Waals surface area contributed by atoms with E-state index in [1.54, 1.807) is 0 Å². The number of carboxylic acids is 1. The molecule has 114 valence electrons. The number of piperazine rings is 1. The van der Waals surface area contributed by atoms with Gasteiger partial charge in [-0.3, -0.25) is 9.69 Å². The summed E-state index contributed by atoms with van der Waals surface area (Å²) in [4.78, 5) is 35.6. The zero-order chi connectivity index (χ0) is 15.3. The predicted molar refractivity (Wildman–Crippen MR) is 73.2 cm³/mol. The van der Waals surface area contributed by atoms with Gasteiger partial charge in [-0.15, -0.1) is 0 Å². The number of nitrogens with zero attached hydrogens (tertiary/aromatic N) is 1. The van der Waals surface area contributed by atoms with Gasteiger partial charge in [-0.1, -0.05) is 20.3 Å². The van der Waals surface area contributed by atoms with Crippen molar-refractivity contribution in [1.82, 2.24) is 15.5 Å². The van der Waals surface area contributed by atoms with Gasteiger partial charge in [0.15, 0.2) is 0 Å². The molecule has 1 rings (SSSR count). The smallest absolute Gasteiger partial charge is 0.328 e. The molecule has 1 heterocycles. The largest absolute Gasteiger partial charge is 0.480 e. The van der Waals surface area contributed by atoms with E-state index in [9.17, 15) is 14.4 Å². The van der Waals surface area contributed by atoms with E-state index in [0.29, 0.717) is 5.92 Å². The molecule has 0 bridgehead atoms. The second-order valence-corrected chi connectivity index (χ2v) is 5.39. The maximum atomic E-state index is 12.1. The number of carboxylic acid groups (broad SMARTS) is 1. The molecule has 1 aliphatic rings. The van der Waals surface area contributed by atoms with Gasteiger partial charge < -0.3 is 15.7 Å². The highest BCUT2D eigenvalue weighted by atomic mass is 16.4.